The fourth-order valence-electron chi connectivity index (χ4n) is 3.05. The maximum atomic E-state index is 12.6. The molecule has 0 atom stereocenters. The van der Waals surface area contributed by atoms with Gasteiger partial charge in [0.1, 0.15) is 0 Å². The third kappa shape index (κ3) is 4.04. The monoisotopic (exact) mass is 393 g/mol. The first kappa shape index (κ1) is 19.6. The van der Waals surface area contributed by atoms with Crippen LogP contribution in [0.15, 0.2) is 58.4 Å². The molecule has 1 aromatic heterocycles. The summed E-state index contributed by atoms with van der Waals surface area (Å²) in [5.74, 6) is 0. The van der Waals surface area contributed by atoms with Gasteiger partial charge in [-0.2, -0.15) is 5.10 Å². The van der Waals surface area contributed by atoms with Gasteiger partial charge in [0.2, 0.25) is 0 Å². The lowest BCUT2D eigenvalue weighted by Gasteiger charge is -2.10. The van der Waals surface area contributed by atoms with Gasteiger partial charge in [0.25, 0.3) is 5.56 Å². The molecule has 1 heterocycles. The van der Waals surface area contributed by atoms with Crippen LogP contribution in [0.4, 0.5) is 5.69 Å². The number of benzene rings is 2. The SMILES string of the molecule is Cc1ccc(NC(=S)N/N=C\c2c(C)c(=O)n(-c3ccccc3)n2C)c(C)c1. The summed E-state index contributed by atoms with van der Waals surface area (Å²) < 4.78 is 3.39. The number of nitrogens with one attached hydrogen (secondary N) is 2. The van der Waals surface area contributed by atoms with Crippen LogP contribution in [-0.2, 0) is 7.05 Å². The van der Waals surface area contributed by atoms with Crippen molar-refractivity contribution >= 4 is 29.2 Å². The second-order valence-electron chi connectivity index (χ2n) is 6.63. The number of aromatic nitrogens is 2. The normalized spacial score (nSPS) is 11.0. The summed E-state index contributed by atoms with van der Waals surface area (Å²) in [6.45, 7) is 5.85. The number of thiocarbonyl (C=S) groups is 1. The van der Waals surface area contributed by atoms with E-state index in [1.54, 1.807) is 22.5 Å². The van der Waals surface area contributed by atoms with Gasteiger partial charge in [0.05, 0.1) is 17.6 Å². The average molecular weight is 394 g/mol. The van der Waals surface area contributed by atoms with Crippen molar-refractivity contribution in [3.8, 4) is 5.69 Å². The lowest BCUT2D eigenvalue weighted by Crippen LogP contribution is -2.24. The van der Waals surface area contributed by atoms with Crippen molar-refractivity contribution in [1.82, 2.24) is 14.8 Å². The Labute approximate surface area is 169 Å². The Bertz CT molecular complexity index is 1100. The lowest BCUT2D eigenvalue weighted by atomic mass is 10.1. The third-order valence-electron chi connectivity index (χ3n) is 4.53. The molecule has 144 valence electrons. The molecule has 0 saturated heterocycles. The third-order valence-corrected chi connectivity index (χ3v) is 4.72. The molecule has 6 nitrogen and oxygen atoms in total. The minimum atomic E-state index is -0.0777. The Kier molecular flexibility index (Phi) is 5.75. The van der Waals surface area contributed by atoms with E-state index in [0.29, 0.717) is 16.4 Å². The van der Waals surface area contributed by atoms with Crippen molar-refractivity contribution in [2.45, 2.75) is 20.8 Å². The highest BCUT2D eigenvalue weighted by Gasteiger charge is 2.14. The minimum Gasteiger partial charge on any atom is -0.331 e. The molecule has 0 bridgehead atoms. The molecule has 0 unspecified atom stereocenters. The van der Waals surface area contributed by atoms with E-state index in [9.17, 15) is 4.79 Å². The van der Waals surface area contributed by atoms with E-state index in [1.165, 1.54) is 5.56 Å². The number of hydrogen-bond donors (Lipinski definition) is 2. The summed E-state index contributed by atoms with van der Waals surface area (Å²) in [6, 6.07) is 15.6. The molecule has 0 aliphatic rings. The Balaban J connectivity index is 1.76. The first-order valence-corrected chi connectivity index (χ1v) is 9.30. The fraction of sp³-hybridized carbons (Fsp3) is 0.190. The number of hydrogen-bond acceptors (Lipinski definition) is 3. The smallest absolute Gasteiger partial charge is 0.274 e. The van der Waals surface area contributed by atoms with Crippen molar-refractivity contribution in [3.63, 3.8) is 0 Å². The molecule has 3 aromatic rings. The van der Waals surface area contributed by atoms with E-state index >= 15 is 0 Å². The van der Waals surface area contributed by atoms with Crippen LogP contribution in [0.2, 0.25) is 0 Å². The molecule has 0 radical (unpaired) electrons. The maximum absolute atomic E-state index is 12.6. The van der Waals surface area contributed by atoms with Gasteiger partial charge in [-0.1, -0.05) is 35.9 Å². The van der Waals surface area contributed by atoms with Crippen LogP contribution >= 0.6 is 12.2 Å². The van der Waals surface area contributed by atoms with Gasteiger partial charge in [-0.25, -0.2) is 4.68 Å². The Hall–Kier alpha value is -3.19. The molecule has 28 heavy (non-hydrogen) atoms. The molecule has 0 spiro atoms. The van der Waals surface area contributed by atoms with Gasteiger partial charge in [0, 0.05) is 18.3 Å². The second kappa shape index (κ2) is 8.22. The zero-order valence-electron chi connectivity index (χ0n) is 16.4. The molecule has 0 fully saturated rings. The van der Waals surface area contributed by atoms with E-state index in [4.69, 9.17) is 12.2 Å². The van der Waals surface area contributed by atoms with Crippen molar-refractivity contribution < 1.29 is 0 Å². The van der Waals surface area contributed by atoms with E-state index in [0.717, 1.165) is 16.9 Å². The summed E-state index contributed by atoms with van der Waals surface area (Å²) in [6.07, 6.45) is 1.60. The van der Waals surface area contributed by atoms with Crippen LogP contribution in [-0.4, -0.2) is 20.7 Å². The summed E-state index contributed by atoms with van der Waals surface area (Å²) >= 11 is 5.31. The van der Waals surface area contributed by atoms with E-state index < -0.39 is 0 Å². The van der Waals surface area contributed by atoms with Crippen LogP contribution in [0.1, 0.15) is 22.4 Å². The number of aryl methyl sites for hydroxylation is 2. The van der Waals surface area contributed by atoms with Gasteiger partial charge in [0.15, 0.2) is 5.11 Å². The van der Waals surface area contributed by atoms with E-state index in [2.05, 4.69) is 21.9 Å². The van der Waals surface area contributed by atoms with Crippen molar-refractivity contribution in [1.29, 1.82) is 0 Å². The predicted molar refractivity (Wildman–Crippen MR) is 119 cm³/mol. The molecule has 0 aliphatic carbocycles. The van der Waals surface area contributed by atoms with Crippen molar-refractivity contribution in [3.05, 3.63) is 81.3 Å². The van der Waals surface area contributed by atoms with Gasteiger partial charge >= 0.3 is 0 Å². The summed E-state index contributed by atoms with van der Waals surface area (Å²) in [5, 5.41) is 7.71. The molecule has 0 saturated carbocycles. The number of hydrazone groups is 1. The number of para-hydroxylation sites is 1. The average Bonchev–Trinajstić information content (AvgIpc) is 2.88. The number of nitrogens with zero attached hydrogens (tertiary/aromatic N) is 3. The quantitative estimate of drug-likeness (QED) is 0.405. The molecular formula is C21H23N5OS. The molecule has 2 N–H and O–H groups in total. The number of rotatable bonds is 4. The Morgan fingerprint density at radius 1 is 1.11 bits per heavy atom. The molecular weight excluding hydrogens is 370 g/mol. The van der Waals surface area contributed by atoms with E-state index in [1.807, 2.05) is 63.4 Å². The van der Waals surface area contributed by atoms with Gasteiger partial charge in [-0.05, 0) is 56.8 Å². The summed E-state index contributed by atoms with van der Waals surface area (Å²) in [4.78, 5) is 12.6. The first-order chi connectivity index (χ1) is 13.4. The van der Waals surface area contributed by atoms with Crippen LogP contribution in [0.5, 0.6) is 0 Å². The highest BCUT2D eigenvalue weighted by atomic mass is 32.1. The highest BCUT2D eigenvalue weighted by Crippen LogP contribution is 2.15. The van der Waals surface area contributed by atoms with E-state index in [-0.39, 0.29) is 5.56 Å². The van der Waals surface area contributed by atoms with Gasteiger partial charge in [-0.15, -0.1) is 0 Å². The molecule has 3 rings (SSSR count). The number of anilines is 1. The topological polar surface area (TPSA) is 63.4 Å². The highest BCUT2D eigenvalue weighted by molar-refractivity contribution is 7.80. The molecule has 2 aromatic carbocycles. The summed E-state index contributed by atoms with van der Waals surface area (Å²) in [5.41, 5.74) is 8.08. The van der Waals surface area contributed by atoms with Gasteiger partial charge < -0.3 is 5.32 Å². The maximum Gasteiger partial charge on any atom is 0.274 e. The zero-order valence-corrected chi connectivity index (χ0v) is 17.2. The van der Waals surface area contributed by atoms with Crippen molar-refractivity contribution in [2.75, 3.05) is 5.32 Å². The lowest BCUT2D eigenvalue weighted by molar-refractivity contribution is 0.642. The standard InChI is InChI=1S/C21H23N5OS/c1-14-10-11-18(15(2)12-14)23-21(28)24-22-13-19-16(3)20(27)26(25(19)4)17-8-6-5-7-9-17/h5-13H,1-4H3,(H2,23,24,28)/b22-13-. The predicted octanol–water partition coefficient (Wildman–Crippen LogP) is 3.42. The fourth-order valence-corrected chi connectivity index (χ4v) is 3.21. The zero-order chi connectivity index (χ0) is 20.3. The van der Waals surface area contributed by atoms with Gasteiger partial charge in [-0.3, -0.25) is 14.9 Å². The molecule has 7 heteroatoms. The van der Waals surface area contributed by atoms with Crippen LogP contribution in [0.3, 0.4) is 0 Å². The van der Waals surface area contributed by atoms with Crippen molar-refractivity contribution in [2.24, 2.45) is 12.1 Å². The summed E-state index contributed by atoms with van der Waals surface area (Å²) in [7, 11) is 1.83. The minimum absolute atomic E-state index is 0.0777. The Morgan fingerprint density at radius 3 is 2.50 bits per heavy atom. The molecule has 0 amide bonds. The largest absolute Gasteiger partial charge is 0.331 e. The first-order valence-electron chi connectivity index (χ1n) is 8.90. The second-order valence-corrected chi connectivity index (χ2v) is 7.04. The molecule has 0 aliphatic heterocycles. The Morgan fingerprint density at radius 2 is 1.82 bits per heavy atom. The van der Waals surface area contributed by atoms with Crippen LogP contribution < -0.4 is 16.3 Å². The van der Waals surface area contributed by atoms with Crippen LogP contribution in [0.25, 0.3) is 5.69 Å². The van der Waals surface area contributed by atoms with Crippen LogP contribution in [0, 0.1) is 20.8 Å².